The molecule has 17 heavy (non-hydrogen) atoms. The molecule has 1 unspecified atom stereocenters. The first-order chi connectivity index (χ1) is 8.04. The number of benzene rings is 1. The van der Waals surface area contributed by atoms with E-state index in [0.29, 0.717) is 6.04 Å². The van der Waals surface area contributed by atoms with Crippen molar-refractivity contribution in [3.05, 3.63) is 18.2 Å². The highest BCUT2D eigenvalue weighted by atomic mass is 32.1. The molecule has 1 heterocycles. The lowest BCUT2D eigenvalue weighted by atomic mass is 10.3. The van der Waals surface area contributed by atoms with Crippen molar-refractivity contribution in [1.29, 1.82) is 0 Å². The molecule has 1 atom stereocenters. The molecule has 0 aliphatic rings. The summed E-state index contributed by atoms with van der Waals surface area (Å²) in [6, 6.07) is 6.19. The Hall–Kier alpha value is -1.33. The number of hydrogen-bond donors (Lipinski definition) is 2. The standard InChI is InChI=1S/C12H18N4S/c1-8(7-16(2)3)14-12-15-10-5-4-9(13)6-11(10)17-12/h4-6,8H,7,13H2,1-3H3,(H,14,15). The van der Waals surface area contributed by atoms with Gasteiger partial charge < -0.3 is 16.0 Å². The highest BCUT2D eigenvalue weighted by molar-refractivity contribution is 7.22. The van der Waals surface area contributed by atoms with Crippen LogP contribution in [-0.4, -0.2) is 36.6 Å². The highest BCUT2D eigenvalue weighted by Crippen LogP contribution is 2.27. The van der Waals surface area contributed by atoms with Gasteiger partial charge in [-0.1, -0.05) is 11.3 Å². The van der Waals surface area contributed by atoms with E-state index in [4.69, 9.17) is 5.73 Å². The molecule has 2 aromatic rings. The second kappa shape index (κ2) is 4.89. The Morgan fingerprint density at radius 2 is 2.24 bits per heavy atom. The van der Waals surface area contributed by atoms with Gasteiger partial charge in [0.25, 0.3) is 0 Å². The van der Waals surface area contributed by atoms with Gasteiger partial charge in [-0.25, -0.2) is 4.98 Å². The van der Waals surface area contributed by atoms with Crippen molar-refractivity contribution in [2.45, 2.75) is 13.0 Å². The van der Waals surface area contributed by atoms with Gasteiger partial charge >= 0.3 is 0 Å². The zero-order chi connectivity index (χ0) is 12.4. The van der Waals surface area contributed by atoms with E-state index in [-0.39, 0.29) is 0 Å². The predicted molar refractivity (Wildman–Crippen MR) is 75.7 cm³/mol. The Bertz CT molecular complexity index is 506. The molecule has 0 bridgehead atoms. The number of likely N-dealkylation sites (N-methyl/N-ethyl adjacent to an activating group) is 1. The van der Waals surface area contributed by atoms with Gasteiger partial charge in [-0.3, -0.25) is 0 Å². The Kier molecular flexibility index (Phi) is 3.49. The number of nitrogens with zero attached hydrogens (tertiary/aromatic N) is 2. The third-order valence-electron chi connectivity index (χ3n) is 2.42. The van der Waals surface area contributed by atoms with Gasteiger partial charge in [0.1, 0.15) is 0 Å². The third kappa shape index (κ3) is 3.08. The molecule has 5 heteroatoms. The third-order valence-corrected chi connectivity index (χ3v) is 3.37. The number of nitrogens with one attached hydrogen (secondary N) is 1. The molecular formula is C12H18N4S. The van der Waals surface area contributed by atoms with Crippen LogP contribution in [0.5, 0.6) is 0 Å². The number of nitrogen functional groups attached to an aromatic ring is 1. The Morgan fingerprint density at radius 3 is 2.94 bits per heavy atom. The van der Waals surface area contributed by atoms with Crippen LogP contribution in [0, 0.1) is 0 Å². The minimum atomic E-state index is 0.378. The van der Waals surface area contributed by atoms with Crippen molar-refractivity contribution in [2.75, 3.05) is 31.7 Å². The van der Waals surface area contributed by atoms with Crippen LogP contribution in [0.15, 0.2) is 18.2 Å². The zero-order valence-corrected chi connectivity index (χ0v) is 11.2. The molecule has 0 radical (unpaired) electrons. The summed E-state index contributed by atoms with van der Waals surface area (Å²) < 4.78 is 1.13. The van der Waals surface area contributed by atoms with Crippen LogP contribution in [0.4, 0.5) is 10.8 Å². The van der Waals surface area contributed by atoms with E-state index in [2.05, 4.69) is 36.2 Å². The smallest absolute Gasteiger partial charge is 0.184 e. The van der Waals surface area contributed by atoms with Crippen molar-refractivity contribution in [1.82, 2.24) is 9.88 Å². The summed E-state index contributed by atoms with van der Waals surface area (Å²) in [5.41, 5.74) is 7.54. The number of anilines is 2. The highest BCUT2D eigenvalue weighted by Gasteiger charge is 2.08. The number of rotatable bonds is 4. The molecule has 0 spiro atoms. The lowest BCUT2D eigenvalue weighted by Crippen LogP contribution is -2.29. The van der Waals surface area contributed by atoms with Gasteiger partial charge in [0, 0.05) is 18.3 Å². The lowest BCUT2D eigenvalue weighted by molar-refractivity contribution is 0.392. The molecule has 0 saturated carbocycles. The summed E-state index contributed by atoms with van der Waals surface area (Å²) in [5, 5.41) is 4.37. The number of fused-ring (bicyclic) bond motifs is 1. The van der Waals surface area contributed by atoms with E-state index in [1.54, 1.807) is 11.3 Å². The van der Waals surface area contributed by atoms with Gasteiger partial charge in [0.05, 0.1) is 10.2 Å². The predicted octanol–water partition coefficient (Wildman–Crippen LogP) is 2.24. The molecule has 0 fully saturated rings. The largest absolute Gasteiger partial charge is 0.399 e. The summed E-state index contributed by atoms with van der Waals surface area (Å²) in [7, 11) is 4.13. The van der Waals surface area contributed by atoms with Crippen LogP contribution in [-0.2, 0) is 0 Å². The average molecular weight is 250 g/mol. The Balaban J connectivity index is 2.14. The summed E-state index contributed by atoms with van der Waals surface area (Å²) in [4.78, 5) is 6.69. The van der Waals surface area contributed by atoms with E-state index in [9.17, 15) is 0 Å². The molecule has 92 valence electrons. The molecule has 0 aliphatic carbocycles. The fourth-order valence-corrected chi connectivity index (χ4v) is 2.83. The van der Waals surface area contributed by atoms with Crippen LogP contribution >= 0.6 is 11.3 Å². The van der Waals surface area contributed by atoms with Gasteiger partial charge in [0.15, 0.2) is 5.13 Å². The lowest BCUT2D eigenvalue weighted by Gasteiger charge is -2.17. The first kappa shape index (κ1) is 12.1. The molecule has 0 aliphatic heterocycles. The van der Waals surface area contributed by atoms with Crippen molar-refractivity contribution in [3.63, 3.8) is 0 Å². The maximum atomic E-state index is 5.75. The minimum absolute atomic E-state index is 0.378. The topological polar surface area (TPSA) is 54.2 Å². The maximum Gasteiger partial charge on any atom is 0.184 e. The molecule has 2 rings (SSSR count). The van der Waals surface area contributed by atoms with E-state index < -0.39 is 0 Å². The normalized spacial score (nSPS) is 13.2. The van der Waals surface area contributed by atoms with E-state index in [1.807, 2.05) is 18.2 Å². The van der Waals surface area contributed by atoms with Gasteiger partial charge in [-0.2, -0.15) is 0 Å². The van der Waals surface area contributed by atoms with Crippen molar-refractivity contribution in [3.8, 4) is 0 Å². The summed E-state index contributed by atoms with van der Waals surface area (Å²) >= 11 is 1.65. The zero-order valence-electron chi connectivity index (χ0n) is 10.4. The fourth-order valence-electron chi connectivity index (χ4n) is 1.81. The molecule has 1 aromatic carbocycles. The van der Waals surface area contributed by atoms with E-state index >= 15 is 0 Å². The van der Waals surface area contributed by atoms with Crippen molar-refractivity contribution in [2.24, 2.45) is 0 Å². The molecule has 1 aromatic heterocycles. The SMILES string of the molecule is CC(CN(C)C)Nc1nc2ccc(N)cc2s1. The maximum absolute atomic E-state index is 5.75. The molecule has 0 saturated heterocycles. The van der Waals surface area contributed by atoms with Gasteiger partial charge in [-0.15, -0.1) is 0 Å². The monoisotopic (exact) mass is 250 g/mol. The Morgan fingerprint density at radius 1 is 1.47 bits per heavy atom. The van der Waals surface area contributed by atoms with Crippen molar-refractivity contribution >= 4 is 32.4 Å². The first-order valence-corrected chi connectivity index (χ1v) is 6.43. The number of thiazole rings is 1. The second-order valence-corrected chi connectivity index (χ2v) is 5.58. The molecular weight excluding hydrogens is 232 g/mol. The second-order valence-electron chi connectivity index (χ2n) is 4.55. The molecule has 0 amide bonds. The molecule has 4 nitrogen and oxygen atoms in total. The minimum Gasteiger partial charge on any atom is -0.399 e. The van der Waals surface area contributed by atoms with Gasteiger partial charge in [0.2, 0.25) is 0 Å². The number of aromatic nitrogens is 1. The summed E-state index contributed by atoms with van der Waals surface area (Å²) in [6.07, 6.45) is 0. The van der Waals surface area contributed by atoms with Crippen LogP contribution in [0.3, 0.4) is 0 Å². The number of nitrogens with two attached hydrogens (primary N) is 1. The average Bonchev–Trinajstić information content (AvgIpc) is 2.57. The fraction of sp³-hybridized carbons (Fsp3) is 0.417. The number of hydrogen-bond acceptors (Lipinski definition) is 5. The van der Waals surface area contributed by atoms with E-state index in [1.165, 1.54) is 0 Å². The summed E-state index contributed by atoms with van der Waals surface area (Å²) in [5.74, 6) is 0. The van der Waals surface area contributed by atoms with Crippen LogP contribution in [0.25, 0.3) is 10.2 Å². The van der Waals surface area contributed by atoms with Crippen LogP contribution in [0.1, 0.15) is 6.92 Å². The Labute approximate surface area is 105 Å². The van der Waals surface area contributed by atoms with E-state index in [0.717, 1.165) is 27.6 Å². The quantitative estimate of drug-likeness (QED) is 0.817. The molecule has 3 N–H and O–H groups in total. The first-order valence-electron chi connectivity index (χ1n) is 5.62. The summed E-state index contributed by atoms with van der Waals surface area (Å²) in [6.45, 7) is 3.14. The van der Waals surface area contributed by atoms with Gasteiger partial charge in [-0.05, 0) is 39.2 Å². The van der Waals surface area contributed by atoms with Crippen molar-refractivity contribution < 1.29 is 0 Å². The van der Waals surface area contributed by atoms with Crippen LogP contribution in [0.2, 0.25) is 0 Å². The van der Waals surface area contributed by atoms with Crippen LogP contribution < -0.4 is 11.1 Å².